The van der Waals surface area contributed by atoms with Crippen molar-refractivity contribution < 1.29 is 8.42 Å². The maximum atomic E-state index is 12.9. The van der Waals surface area contributed by atoms with Crippen LogP contribution in [0.4, 0.5) is 0 Å². The molecule has 3 aromatic rings. The molecule has 0 atom stereocenters. The molecule has 0 amide bonds. The van der Waals surface area contributed by atoms with Crippen LogP contribution in [0, 0.1) is 6.92 Å². The second kappa shape index (κ2) is 6.24. The predicted molar refractivity (Wildman–Crippen MR) is 95.7 cm³/mol. The van der Waals surface area contributed by atoms with Crippen molar-refractivity contribution in [2.75, 3.05) is 13.1 Å². The van der Waals surface area contributed by atoms with Crippen LogP contribution in [0.3, 0.4) is 0 Å². The number of fused-ring (bicyclic) bond motifs is 1. The number of benzene rings is 1. The van der Waals surface area contributed by atoms with Crippen molar-refractivity contribution in [2.45, 2.75) is 30.7 Å². The molecular weight excluding hydrogens is 336 g/mol. The minimum atomic E-state index is -3.43. The van der Waals surface area contributed by atoms with Crippen molar-refractivity contribution in [3.05, 3.63) is 54.5 Å². The van der Waals surface area contributed by atoms with Crippen LogP contribution >= 0.6 is 0 Å². The first kappa shape index (κ1) is 16.2. The van der Waals surface area contributed by atoms with Gasteiger partial charge < -0.3 is 4.57 Å². The highest BCUT2D eigenvalue weighted by atomic mass is 32.2. The number of imidazole rings is 1. The van der Waals surface area contributed by atoms with E-state index in [0.717, 1.165) is 29.6 Å². The van der Waals surface area contributed by atoms with E-state index in [1.54, 1.807) is 22.6 Å². The molecule has 0 unspecified atom stereocenters. The molecule has 1 aliphatic rings. The van der Waals surface area contributed by atoms with E-state index in [9.17, 15) is 8.42 Å². The van der Waals surface area contributed by atoms with E-state index >= 15 is 0 Å². The summed E-state index contributed by atoms with van der Waals surface area (Å²) in [6.07, 6.45) is 5.09. The number of piperidine rings is 1. The molecule has 0 N–H and O–H groups in total. The van der Waals surface area contributed by atoms with E-state index in [1.807, 2.05) is 37.5 Å². The summed E-state index contributed by atoms with van der Waals surface area (Å²) in [7, 11) is -3.43. The summed E-state index contributed by atoms with van der Waals surface area (Å²) in [6, 6.07) is 11.2. The van der Waals surface area contributed by atoms with Gasteiger partial charge in [-0.15, -0.1) is 0 Å². The summed E-state index contributed by atoms with van der Waals surface area (Å²) < 4.78 is 29.5. The zero-order valence-electron chi connectivity index (χ0n) is 14.0. The minimum absolute atomic E-state index is 0.225. The predicted octanol–water partition coefficient (Wildman–Crippen LogP) is 2.77. The maximum absolute atomic E-state index is 12.9. The normalized spacial score (nSPS) is 17.2. The Morgan fingerprint density at radius 3 is 2.56 bits per heavy atom. The van der Waals surface area contributed by atoms with E-state index in [2.05, 4.69) is 14.5 Å². The van der Waals surface area contributed by atoms with Crippen LogP contribution in [0.2, 0.25) is 0 Å². The van der Waals surface area contributed by atoms with Crippen LogP contribution in [0.25, 0.3) is 11.2 Å². The summed E-state index contributed by atoms with van der Waals surface area (Å²) >= 11 is 0. The Morgan fingerprint density at radius 2 is 1.80 bits per heavy atom. The molecule has 1 aromatic carbocycles. The molecule has 0 bridgehead atoms. The van der Waals surface area contributed by atoms with Gasteiger partial charge in [0.1, 0.15) is 5.52 Å². The Bertz CT molecular complexity index is 1000. The van der Waals surface area contributed by atoms with Gasteiger partial charge in [0.25, 0.3) is 0 Å². The molecule has 1 saturated heterocycles. The number of rotatable bonds is 3. The Hall–Kier alpha value is -2.25. The Kier molecular flexibility index (Phi) is 4.05. The Labute approximate surface area is 147 Å². The first-order chi connectivity index (χ1) is 12.1. The molecule has 130 valence electrons. The van der Waals surface area contributed by atoms with Crippen molar-refractivity contribution in [1.82, 2.24) is 18.8 Å². The van der Waals surface area contributed by atoms with Gasteiger partial charge in [0.15, 0.2) is 5.65 Å². The second-order valence-electron chi connectivity index (χ2n) is 6.40. The lowest BCUT2D eigenvalue weighted by atomic mass is 10.1. The number of sulfonamides is 1. The van der Waals surface area contributed by atoms with Gasteiger partial charge in [0, 0.05) is 25.3 Å². The molecule has 0 spiro atoms. The van der Waals surface area contributed by atoms with Gasteiger partial charge in [-0.25, -0.2) is 18.4 Å². The smallest absolute Gasteiger partial charge is 0.243 e. The molecule has 0 saturated carbocycles. The average molecular weight is 356 g/mol. The van der Waals surface area contributed by atoms with Crippen LogP contribution < -0.4 is 0 Å². The van der Waals surface area contributed by atoms with Gasteiger partial charge in [0.05, 0.1) is 11.2 Å². The van der Waals surface area contributed by atoms with Crippen molar-refractivity contribution in [1.29, 1.82) is 0 Å². The lowest BCUT2D eigenvalue weighted by Crippen LogP contribution is -2.39. The van der Waals surface area contributed by atoms with Gasteiger partial charge >= 0.3 is 0 Å². The van der Waals surface area contributed by atoms with Gasteiger partial charge in [-0.2, -0.15) is 4.31 Å². The van der Waals surface area contributed by atoms with E-state index in [4.69, 9.17) is 0 Å². The minimum Gasteiger partial charge on any atom is -0.312 e. The third-order valence-electron chi connectivity index (χ3n) is 4.86. The number of aryl methyl sites for hydroxylation is 1. The van der Waals surface area contributed by atoms with Crippen molar-refractivity contribution in [2.24, 2.45) is 0 Å². The SMILES string of the molecule is Cc1ccccc1S(=O)(=O)N1CCC(n2cnc3cccnc32)CC1. The van der Waals surface area contributed by atoms with E-state index in [0.29, 0.717) is 18.0 Å². The molecule has 4 rings (SSSR count). The lowest BCUT2D eigenvalue weighted by molar-refractivity contribution is 0.276. The molecule has 3 heterocycles. The Balaban J connectivity index is 1.55. The summed E-state index contributed by atoms with van der Waals surface area (Å²) in [5, 5.41) is 0. The molecule has 7 heteroatoms. The molecule has 1 aliphatic heterocycles. The summed E-state index contributed by atoms with van der Waals surface area (Å²) in [6.45, 7) is 2.85. The average Bonchev–Trinajstić information content (AvgIpc) is 3.06. The molecular formula is C18H20N4O2S. The highest BCUT2D eigenvalue weighted by Crippen LogP contribution is 2.29. The zero-order valence-corrected chi connectivity index (χ0v) is 14.9. The molecule has 25 heavy (non-hydrogen) atoms. The monoisotopic (exact) mass is 356 g/mol. The third-order valence-corrected chi connectivity index (χ3v) is 6.92. The molecule has 1 fully saturated rings. The van der Waals surface area contributed by atoms with Crippen molar-refractivity contribution >= 4 is 21.2 Å². The number of hydrogen-bond acceptors (Lipinski definition) is 4. The lowest BCUT2D eigenvalue weighted by Gasteiger charge is -2.32. The summed E-state index contributed by atoms with van der Waals surface area (Å²) in [5.74, 6) is 0. The van der Waals surface area contributed by atoms with Gasteiger partial charge in [-0.1, -0.05) is 18.2 Å². The fourth-order valence-corrected chi connectivity index (χ4v) is 5.18. The molecule has 0 radical (unpaired) electrons. The molecule has 6 nitrogen and oxygen atoms in total. The van der Waals surface area contributed by atoms with Crippen molar-refractivity contribution in [3.63, 3.8) is 0 Å². The quantitative estimate of drug-likeness (QED) is 0.724. The number of pyridine rings is 1. The topological polar surface area (TPSA) is 68.1 Å². The standard InChI is InChI=1S/C18H20N4O2S/c1-14-5-2-3-7-17(14)25(23,24)21-11-8-15(9-12-21)22-13-20-16-6-4-10-19-18(16)22/h2-7,10,13,15H,8-9,11-12H2,1H3. The van der Waals surface area contributed by atoms with E-state index in [-0.39, 0.29) is 6.04 Å². The number of hydrogen-bond donors (Lipinski definition) is 0. The number of aromatic nitrogens is 3. The highest BCUT2D eigenvalue weighted by molar-refractivity contribution is 7.89. The largest absolute Gasteiger partial charge is 0.312 e. The summed E-state index contributed by atoms with van der Waals surface area (Å²) in [4.78, 5) is 9.21. The van der Waals surface area contributed by atoms with Crippen LogP contribution in [-0.2, 0) is 10.0 Å². The third kappa shape index (κ3) is 2.83. The fraction of sp³-hybridized carbons (Fsp3) is 0.333. The van der Waals surface area contributed by atoms with Crippen LogP contribution in [0.5, 0.6) is 0 Å². The second-order valence-corrected chi connectivity index (χ2v) is 8.31. The maximum Gasteiger partial charge on any atom is 0.243 e. The van der Waals surface area contributed by atoms with Crippen LogP contribution in [0.15, 0.2) is 53.8 Å². The van der Waals surface area contributed by atoms with Crippen LogP contribution in [0.1, 0.15) is 24.4 Å². The molecule has 2 aromatic heterocycles. The highest BCUT2D eigenvalue weighted by Gasteiger charge is 2.31. The summed E-state index contributed by atoms with van der Waals surface area (Å²) in [5.41, 5.74) is 2.52. The van der Waals surface area contributed by atoms with Crippen molar-refractivity contribution in [3.8, 4) is 0 Å². The van der Waals surface area contributed by atoms with E-state index in [1.165, 1.54) is 0 Å². The fourth-order valence-electron chi connectivity index (χ4n) is 3.48. The van der Waals surface area contributed by atoms with Gasteiger partial charge in [-0.3, -0.25) is 0 Å². The van der Waals surface area contributed by atoms with Gasteiger partial charge in [-0.05, 0) is 43.5 Å². The first-order valence-corrected chi connectivity index (χ1v) is 9.85. The van der Waals surface area contributed by atoms with Gasteiger partial charge in [0.2, 0.25) is 10.0 Å². The zero-order chi connectivity index (χ0) is 17.4. The van der Waals surface area contributed by atoms with Crippen LogP contribution in [-0.4, -0.2) is 40.3 Å². The molecule has 0 aliphatic carbocycles. The number of nitrogens with zero attached hydrogens (tertiary/aromatic N) is 4. The first-order valence-electron chi connectivity index (χ1n) is 8.41. The van der Waals surface area contributed by atoms with E-state index < -0.39 is 10.0 Å². The Morgan fingerprint density at radius 1 is 1.04 bits per heavy atom.